The van der Waals surface area contributed by atoms with E-state index in [1.165, 1.54) is 12.0 Å². The van der Waals surface area contributed by atoms with Crippen LogP contribution in [0.4, 0.5) is 0 Å². The van der Waals surface area contributed by atoms with Gasteiger partial charge in [0.15, 0.2) is 0 Å². The molecule has 2 aliphatic rings. The Morgan fingerprint density at radius 3 is 2.63 bits per heavy atom. The summed E-state index contributed by atoms with van der Waals surface area (Å²) in [5, 5.41) is 10.3. The van der Waals surface area contributed by atoms with Crippen LogP contribution in [0.25, 0.3) is 0 Å². The van der Waals surface area contributed by atoms with Gasteiger partial charge >= 0.3 is 0 Å². The molecule has 0 saturated carbocycles. The molecule has 0 radical (unpaired) electrons. The highest BCUT2D eigenvalue weighted by atomic mass is 16.1. The van der Waals surface area contributed by atoms with Crippen LogP contribution in [0.2, 0.25) is 0 Å². The molecule has 19 heavy (non-hydrogen) atoms. The molecule has 104 valence electrons. The first-order chi connectivity index (χ1) is 9.34. The van der Waals surface area contributed by atoms with Gasteiger partial charge in [0.05, 0.1) is 5.69 Å². The molecule has 1 aromatic heterocycles. The van der Waals surface area contributed by atoms with Gasteiger partial charge in [0.1, 0.15) is 0 Å². The smallest absolute Gasteiger partial charge is 0.267 e. The largest absolute Gasteiger partial charge is 0.314 e. The lowest BCUT2D eigenvalue weighted by Gasteiger charge is -2.27. The highest BCUT2D eigenvalue weighted by molar-refractivity contribution is 5.30. The molecule has 5 nitrogen and oxygen atoms in total. The van der Waals surface area contributed by atoms with E-state index in [-0.39, 0.29) is 5.56 Å². The normalized spacial score (nSPS) is 20.2. The molecule has 0 atom stereocenters. The summed E-state index contributed by atoms with van der Waals surface area (Å²) in [6, 6.07) is 0. The van der Waals surface area contributed by atoms with Gasteiger partial charge in [-0.15, -0.1) is 0 Å². The van der Waals surface area contributed by atoms with Crippen LogP contribution < -0.4 is 10.9 Å². The number of rotatable bonds is 3. The van der Waals surface area contributed by atoms with Crippen molar-refractivity contribution in [3.05, 3.63) is 27.2 Å². The maximum Gasteiger partial charge on any atom is 0.267 e. The van der Waals surface area contributed by atoms with E-state index in [1.54, 1.807) is 0 Å². The molecule has 0 spiro atoms. The molecule has 1 fully saturated rings. The number of nitrogens with zero attached hydrogens (tertiary/aromatic N) is 2. The molecule has 1 aliphatic heterocycles. The van der Waals surface area contributed by atoms with E-state index in [2.05, 4.69) is 20.4 Å². The first kappa shape index (κ1) is 12.8. The van der Waals surface area contributed by atoms with Crippen molar-refractivity contribution in [2.45, 2.75) is 32.1 Å². The summed E-state index contributed by atoms with van der Waals surface area (Å²) in [6.45, 7) is 5.44. The van der Waals surface area contributed by atoms with Gasteiger partial charge in [0.25, 0.3) is 5.56 Å². The van der Waals surface area contributed by atoms with Gasteiger partial charge in [0.2, 0.25) is 0 Å². The van der Waals surface area contributed by atoms with Crippen molar-refractivity contribution in [3.63, 3.8) is 0 Å². The summed E-state index contributed by atoms with van der Waals surface area (Å²) in [6.07, 6.45) is 5.24. The average molecular weight is 262 g/mol. The molecule has 2 heterocycles. The Hall–Kier alpha value is -1.20. The maximum absolute atomic E-state index is 11.8. The number of fused-ring (bicyclic) bond motifs is 1. The molecule has 0 aromatic carbocycles. The number of H-pyrrole nitrogens is 1. The number of nitrogens with one attached hydrogen (secondary N) is 2. The fraction of sp³-hybridized carbons (Fsp3) is 0.714. The van der Waals surface area contributed by atoms with Crippen LogP contribution in [0.1, 0.15) is 29.7 Å². The first-order valence-corrected chi connectivity index (χ1v) is 7.37. The Morgan fingerprint density at radius 1 is 1.11 bits per heavy atom. The molecule has 3 rings (SSSR count). The van der Waals surface area contributed by atoms with Crippen molar-refractivity contribution in [2.75, 3.05) is 32.7 Å². The van der Waals surface area contributed by atoms with E-state index >= 15 is 0 Å². The van der Waals surface area contributed by atoms with Crippen LogP contribution in [0, 0.1) is 0 Å². The van der Waals surface area contributed by atoms with Crippen LogP contribution >= 0.6 is 0 Å². The van der Waals surface area contributed by atoms with Crippen LogP contribution in [-0.2, 0) is 19.3 Å². The van der Waals surface area contributed by atoms with E-state index in [1.807, 2.05) is 0 Å². The Balaban J connectivity index is 1.72. The minimum atomic E-state index is 0.0284. The zero-order valence-electron chi connectivity index (χ0n) is 11.4. The lowest BCUT2D eigenvalue weighted by Crippen LogP contribution is -2.44. The number of hydrogen-bond donors (Lipinski definition) is 2. The van der Waals surface area contributed by atoms with E-state index in [0.29, 0.717) is 0 Å². The van der Waals surface area contributed by atoms with Crippen molar-refractivity contribution in [1.29, 1.82) is 0 Å². The summed E-state index contributed by atoms with van der Waals surface area (Å²) in [5.41, 5.74) is 3.38. The van der Waals surface area contributed by atoms with Crippen LogP contribution in [0.5, 0.6) is 0 Å². The van der Waals surface area contributed by atoms with Crippen LogP contribution in [0.15, 0.2) is 4.79 Å². The van der Waals surface area contributed by atoms with Crippen molar-refractivity contribution < 1.29 is 0 Å². The minimum absolute atomic E-state index is 0.0284. The second-order valence-corrected chi connectivity index (χ2v) is 5.51. The topological polar surface area (TPSA) is 61.0 Å². The third-order valence-corrected chi connectivity index (χ3v) is 4.26. The zero-order chi connectivity index (χ0) is 13.1. The fourth-order valence-electron chi connectivity index (χ4n) is 3.13. The van der Waals surface area contributed by atoms with E-state index in [4.69, 9.17) is 0 Å². The Morgan fingerprint density at radius 2 is 1.84 bits per heavy atom. The first-order valence-electron chi connectivity index (χ1n) is 7.37. The number of hydrogen-bond acceptors (Lipinski definition) is 4. The van der Waals surface area contributed by atoms with Crippen LogP contribution in [0.3, 0.4) is 0 Å². The van der Waals surface area contributed by atoms with E-state index in [9.17, 15) is 4.79 Å². The second kappa shape index (κ2) is 5.84. The predicted molar refractivity (Wildman–Crippen MR) is 74.5 cm³/mol. The molecular formula is C14H22N4O. The van der Waals surface area contributed by atoms with Crippen LogP contribution in [-0.4, -0.2) is 47.8 Å². The summed E-state index contributed by atoms with van der Waals surface area (Å²) in [7, 11) is 0. The Kier molecular flexibility index (Phi) is 3.94. The predicted octanol–water partition coefficient (Wildman–Crippen LogP) is 0.0964. The third kappa shape index (κ3) is 2.87. The van der Waals surface area contributed by atoms with Gasteiger partial charge in [0, 0.05) is 44.7 Å². The summed E-state index contributed by atoms with van der Waals surface area (Å²) >= 11 is 0. The van der Waals surface area contributed by atoms with Gasteiger partial charge in [-0.25, -0.2) is 5.10 Å². The molecular weight excluding hydrogens is 240 g/mol. The van der Waals surface area contributed by atoms with Gasteiger partial charge < -0.3 is 10.2 Å². The highest BCUT2D eigenvalue weighted by Gasteiger charge is 2.18. The van der Waals surface area contributed by atoms with E-state index < -0.39 is 0 Å². The Labute approximate surface area is 113 Å². The standard InChI is InChI=1S/C14H22N4O/c19-14-12-4-2-1-3-11(12)13(16-17-14)5-8-18-9-6-15-7-10-18/h15H,1-10H2,(H,17,19). The SMILES string of the molecule is O=c1[nH]nc(CCN2CCNCC2)c2c1CCCC2. The number of aromatic amines is 1. The quantitative estimate of drug-likeness (QED) is 0.811. The molecule has 5 heteroatoms. The number of aromatic nitrogens is 2. The van der Waals surface area contributed by atoms with Crippen molar-refractivity contribution in [3.8, 4) is 0 Å². The lowest BCUT2D eigenvalue weighted by molar-refractivity contribution is 0.243. The monoisotopic (exact) mass is 262 g/mol. The molecule has 1 saturated heterocycles. The van der Waals surface area contributed by atoms with Gasteiger partial charge in [-0.1, -0.05) is 0 Å². The molecule has 1 aliphatic carbocycles. The molecule has 2 N–H and O–H groups in total. The van der Waals surface area contributed by atoms with Crippen molar-refractivity contribution in [1.82, 2.24) is 20.4 Å². The fourth-order valence-corrected chi connectivity index (χ4v) is 3.13. The molecule has 0 bridgehead atoms. The molecule has 1 aromatic rings. The average Bonchev–Trinajstić information content (AvgIpc) is 2.48. The summed E-state index contributed by atoms with van der Waals surface area (Å²) in [4.78, 5) is 14.3. The minimum Gasteiger partial charge on any atom is -0.314 e. The molecule has 0 amide bonds. The van der Waals surface area contributed by atoms with Gasteiger partial charge in [-0.2, -0.15) is 5.10 Å². The lowest BCUT2D eigenvalue weighted by atomic mass is 9.91. The van der Waals surface area contributed by atoms with Gasteiger partial charge in [-0.3, -0.25) is 4.79 Å². The molecule has 0 unspecified atom stereocenters. The summed E-state index contributed by atoms with van der Waals surface area (Å²) in [5.74, 6) is 0. The van der Waals surface area contributed by atoms with Crippen molar-refractivity contribution in [2.24, 2.45) is 0 Å². The third-order valence-electron chi connectivity index (χ3n) is 4.26. The van der Waals surface area contributed by atoms with Crippen molar-refractivity contribution >= 4 is 0 Å². The van der Waals surface area contributed by atoms with Gasteiger partial charge in [-0.05, 0) is 31.2 Å². The number of piperazine rings is 1. The Bertz CT molecular complexity index is 491. The highest BCUT2D eigenvalue weighted by Crippen LogP contribution is 2.20. The summed E-state index contributed by atoms with van der Waals surface area (Å²) < 4.78 is 0. The zero-order valence-corrected chi connectivity index (χ0v) is 11.4. The van der Waals surface area contributed by atoms with E-state index in [0.717, 1.165) is 69.7 Å². The second-order valence-electron chi connectivity index (χ2n) is 5.51. The maximum atomic E-state index is 11.8.